The molecule has 1 aliphatic heterocycles. The van der Waals surface area contributed by atoms with Crippen molar-refractivity contribution in [3.8, 4) is 0 Å². The highest BCUT2D eigenvalue weighted by atomic mass is 35.5. The van der Waals surface area contributed by atoms with E-state index in [2.05, 4.69) is 18.3 Å². The van der Waals surface area contributed by atoms with Crippen molar-refractivity contribution in [3.63, 3.8) is 0 Å². The number of nitrogens with one attached hydrogen (secondary N) is 1. The second-order valence-electron chi connectivity index (χ2n) is 6.96. The second-order valence-corrected chi connectivity index (χ2v) is 8.87. The molecule has 0 bridgehead atoms. The average molecular weight is 418 g/mol. The third-order valence-corrected chi connectivity index (χ3v) is 5.98. The number of hydrogen-bond donors (Lipinski definition) is 1. The molecule has 7 heteroatoms. The first kappa shape index (κ1) is 20.7. The molecule has 0 fully saturated rings. The lowest BCUT2D eigenvalue weighted by molar-refractivity contribution is -0.121. The summed E-state index contributed by atoms with van der Waals surface area (Å²) < 4.78 is 0. The first-order chi connectivity index (χ1) is 13.4. The van der Waals surface area contributed by atoms with Crippen molar-refractivity contribution in [3.05, 3.63) is 53.6 Å². The molecule has 0 spiro atoms. The minimum Gasteiger partial charge on any atom is -0.325 e. The fraction of sp³-hybridized carbons (Fsp3) is 0.333. The molecule has 1 atom stereocenters. The highest BCUT2D eigenvalue weighted by Crippen LogP contribution is 2.37. The van der Waals surface area contributed by atoms with Crippen LogP contribution in [0, 0.1) is 0 Å². The average Bonchev–Trinajstić information content (AvgIpc) is 2.81. The monoisotopic (exact) mass is 417 g/mol. The number of benzene rings is 2. The van der Waals surface area contributed by atoms with Gasteiger partial charge in [0.05, 0.1) is 18.8 Å². The van der Waals surface area contributed by atoms with Crippen molar-refractivity contribution >= 4 is 46.6 Å². The number of nitrogens with zero attached hydrogens (tertiary/aromatic N) is 2. The number of anilines is 2. The van der Waals surface area contributed by atoms with Crippen molar-refractivity contribution in [2.24, 2.45) is 0 Å². The zero-order valence-corrected chi connectivity index (χ0v) is 17.6. The Hall–Kier alpha value is -2.02. The molecular weight excluding hydrogens is 394 g/mol. The Balaban J connectivity index is 1.59. The maximum Gasteiger partial charge on any atom is 0.241 e. The third kappa shape index (κ3) is 5.50. The fourth-order valence-corrected chi connectivity index (χ4v) is 4.34. The van der Waals surface area contributed by atoms with Crippen LogP contribution >= 0.6 is 23.4 Å². The number of fused-ring (bicyclic) bond motifs is 1. The Morgan fingerprint density at radius 3 is 2.64 bits per heavy atom. The van der Waals surface area contributed by atoms with Crippen molar-refractivity contribution < 1.29 is 9.59 Å². The van der Waals surface area contributed by atoms with Crippen molar-refractivity contribution in [1.29, 1.82) is 0 Å². The van der Waals surface area contributed by atoms with Gasteiger partial charge in [-0.3, -0.25) is 14.5 Å². The number of carbonyl (C=O) groups is 2. The van der Waals surface area contributed by atoms with Gasteiger partial charge in [0.15, 0.2) is 0 Å². The van der Waals surface area contributed by atoms with Crippen LogP contribution in [0.2, 0.25) is 5.02 Å². The molecular formula is C21H24ClN3O2S. The zero-order chi connectivity index (χ0) is 20.1. The first-order valence-electron chi connectivity index (χ1n) is 9.22. The molecule has 0 saturated carbocycles. The number of thioether (sulfide) groups is 1. The predicted octanol–water partition coefficient (Wildman–Crippen LogP) is 4.13. The van der Waals surface area contributed by atoms with E-state index in [-0.39, 0.29) is 24.9 Å². The summed E-state index contributed by atoms with van der Waals surface area (Å²) in [6, 6.07) is 15.0. The van der Waals surface area contributed by atoms with E-state index in [0.717, 1.165) is 17.0 Å². The van der Waals surface area contributed by atoms with Gasteiger partial charge < -0.3 is 10.2 Å². The van der Waals surface area contributed by atoms with Crippen LogP contribution in [0.1, 0.15) is 13.3 Å². The molecule has 3 rings (SSSR count). The Labute approximate surface area is 175 Å². The maximum atomic E-state index is 12.9. The standard InChI is InChI=1S/C21H24ClN3O2S/c1-15-11-12-25(18-5-3-4-6-19(18)28-15)21(27)14-24(2)13-20(26)23-17-9-7-16(22)8-10-17/h3-10,15H,11-14H2,1-2H3,(H,23,26). The Bertz CT molecular complexity index is 844. The smallest absolute Gasteiger partial charge is 0.241 e. The Morgan fingerprint density at radius 1 is 1.18 bits per heavy atom. The molecule has 0 radical (unpaired) electrons. The van der Waals surface area contributed by atoms with Crippen LogP contribution in [0.4, 0.5) is 11.4 Å². The maximum absolute atomic E-state index is 12.9. The van der Waals surface area contributed by atoms with Gasteiger partial charge in [-0.05, 0) is 49.9 Å². The van der Waals surface area contributed by atoms with Crippen molar-refractivity contribution in [2.45, 2.75) is 23.5 Å². The second kappa shape index (κ2) is 9.45. The lowest BCUT2D eigenvalue weighted by Gasteiger charge is -2.25. The lowest BCUT2D eigenvalue weighted by Crippen LogP contribution is -2.42. The summed E-state index contributed by atoms with van der Waals surface area (Å²) in [5.41, 5.74) is 1.64. The number of amides is 2. The highest BCUT2D eigenvalue weighted by molar-refractivity contribution is 8.00. The van der Waals surface area contributed by atoms with Crippen LogP contribution in [-0.2, 0) is 9.59 Å². The van der Waals surface area contributed by atoms with Gasteiger partial charge in [-0.1, -0.05) is 30.7 Å². The molecule has 5 nitrogen and oxygen atoms in total. The normalized spacial score (nSPS) is 16.4. The number of carbonyl (C=O) groups excluding carboxylic acids is 2. The van der Waals surface area contributed by atoms with Gasteiger partial charge in [0.25, 0.3) is 0 Å². The van der Waals surface area contributed by atoms with Crippen molar-refractivity contribution in [1.82, 2.24) is 4.90 Å². The summed E-state index contributed by atoms with van der Waals surface area (Å²) in [7, 11) is 1.78. The third-order valence-electron chi connectivity index (χ3n) is 4.49. The van der Waals surface area contributed by atoms with Gasteiger partial charge in [-0.2, -0.15) is 0 Å². The van der Waals surface area contributed by atoms with Crippen LogP contribution < -0.4 is 10.2 Å². The lowest BCUT2D eigenvalue weighted by atomic mass is 10.2. The quantitative estimate of drug-likeness (QED) is 0.794. The summed E-state index contributed by atoms with van der Waals surface area (Å²) in [5.74, 6) is -0.165. The predicted molar refractivity (Wildman–Crippen MR) is 116 cm³/mol. The minimum absolute atomic E-state index is 0.00365. The number of hydrogen-bond acceptors (Lipinski definition) is 4. The highest BCUT2D eigenvalue weighted by Gasteiger charge is 2.25. The van der Waals surface area contributed by atoms with E-state index in [0.29, 0.717) is 22.5 Å². The molecule has 1 heterocycles. The van der Waals surface area contributed by atoms with Gasteiger partial charge in [-0.25, -0.2) is 0 Å². The molecule has 0 aliphatic carbocycles. The summed E-state index contributed by atoms with van der Waals surface area (Å²) >= 11 is 7.66. The number of likely N-dealkylation sites (N-methyl/N-ethyl adjacent to an activating group) is 1. The van der Waals surface area contributed by atoms with Gasteiger partial charge in [0.2, 0.25) is 11.8 Å². The summed E-state index contributed by atoms with van der Waals surface area (Å²) in [6.45, 7) is 3.19. The largest absolute Gasteiger partial charge is 0.325 e. The summed E-state index contributed by atoms with van der Waals surface area (Å²) in [4.78, 5) is 29.9. The number of rotatable bonds is 5. The molecule has 1 unspecified atom stereocenters. The number of halogens is 1. The van der Waals surface area contributed by atoms with E-state index in [1.807, 2.05) is 23.1 Å². The van der Waals surface area contributed by atoms with Crippen LogP contribution in [-0.4, -0.2) is 48.6 Å². The Kier molecular flexibility index (Phi) is 6.99. The van der Waals surface area contributed by atoms with Crippen LogP contribution in [0.3, 0.4) is 0 Å². The molecule has 2 aromatic carbocycles. The van der Waals surface area contributed by atoms with Gasteiger partial charge in [0.1, 0.15) is 0 Å². The van der Waals surface area contributed by atoms with Crippen LogP contribution in [0.5, 0.6) is 0 Å². The SMILES string of the molecule is CC1CCN(C(=O)CN(C)CC(=O)Nc2ccc(Cl)cc2)c2ccccc2S1. The molecule has 2 aromatic rings. The molecule has 1 N–H and O–H groups in total. The van der Waals surface area contributed by atoms with Gasteiger partial charge in [0, 0.05) is 27.4 Å². The van der Waals surface area contributed by atoms with E-state index in [4.69, 9.17) is 11.6 Å². The molecule has 1 aliphatic rings. The summed E-state index contributed by atoms with van der Waals surface area (Å²) in [5, 5.41) is 3.89. The van der Waals surface area contributed by atoms with Gasteiger partial charge >= 0.3 is 0 Å². The van der Waals surface area contributed by atoms with E-state index in [9.17, 15) is 9.59 Å². The molecule has 0 aromatic heterocycles. The van der Waals surface area contributed by atoms with E-state index < -0.39 is 0 Å². The zero-order valence-electron chi connectivity index (χ0n) is 16.0. The summed E-state index contributed by atoms with van der Waals surface area (Å²) in [6.07, 6.45) is 0.936. The van der Waals surface area contributed by atoms with Gasteiger partial charge in [-0.15, -0.1) is 11.8 Å². The minimum atomic E-state index is -0.168. The van der Waals surface area contributed by atoms with E-state index in [1.54, 1.807) is 48.0 Å². The number of para-hydroxylation sites is 1. The molecule has 0 saturated heterocycles. The first-order valence-corrected chi connectivity index (χ1v) is 10.5. The molecule has 28 heavy (non-hydrogen) atoms. The van der Waals surface area contributed by atoms with Crippen molar-refractivity contribution in [2.75, 3.05) is 36.9 Å². The fourth-order valence-electron chi connectivity index (χ4n) is 3.10. The van der Waals surface area contributed by atoms with E-state index >= 15 is 0 Å². The van der Waals surface area contributed by atoms with Crippen LogP contribution in [0.25, 0.3) is 0 Å². The molecule has 2 amide bonds. The Morgan fingerprint density at radius 2 is 1.89 bits per heavy atom. The van der Waals surface area contributed by atoms with E-state index in [1.165, 1.54) is 0 Å². The topological polar surface area (TPSA) is 52.7 Å². The van der Waals surface area contributed by atoms with Crippen LogP contribution in [0.15, 0.2) is 53.4 Å². The molecule has 148 valence electrons.